The van der Waals surface area contributed by atoms with E-state index in [1.54, 1.807) is 7.11 Å². The highest BCUT2D eigenvalue weighted by atomic mass is 16.5. The molecule has 1 aliphatic heterocycles. The summed E-state index contributed by atoms with van der Waals surface area (Å²) in [4.78, 5) is 16.9. The smallest absolute Gasteiger partial charge is 0.242 e. The molecule has 0 bridgehead atoms. The third-order valence-electron chi connectivity index (χ3n) is 4.96. The number of carbonyl (C=O) groups excluding carboxylic acids is 1. The van der Waals surface area contributed by atoms with Crippen molar-refractivity contribution in [3.63, 3.8) is 0 Å². The lowest BCUT2D eigenvalue weighted by atomic mass is 9.98. The summed E-state index contributed by atoms with van der Waals surface area (Å²) in [6.45, 7) is 4.99. The number of para-hydroxylation sites is 1. The average molecular weight is 338 g/mol. The van der Waals surface area contributed by atoms with E-state index in [4.69, 9.17) is 4.74 Å². The molecule has 2 aromatic rings. The topological polar surface area (TPSA) is 32.8 Å². The molecule has 4 nitrogen and oxygen atoms in total. The first-order chi connectivity index (χ1) is 12.2. The van der Waals surface area contributed by atoms with Crippen LogP contribution in [0, 0.1) is 0 Å². The number of likely N-dealkylation sites (tertiary alicyclic amines) is 1. The van der Waals surface area contributed by atoms with Crippen LogP contribution in [0.2, 0.25) is 0 Å². The molecular formula is C21H26N2O2. The Morgan fingerprint density at radius 1 is 1.16 bits per heavy atom. The highest BCUT2D eigenvalue weighted by Crippen LogP contribution is 2.28. The normalized spacial score (nSPS) is 16.7. The SMILES string of the molecule is CCN(CC(=O)N1CCC(c2ccc(OC)cc2)C1)c1ccccc1. The Bertz CT molecular complexity index is 685. The summed E-state index contributed by atoms with van der Waals surface area (Å²) < 4.78 is 5.22. The molecule has 0 aromatic heterocycles. The van der Waals surface area contributed by atoms with E-state index in [0.29, 0.717) is 12.5 Å². The lowest BCUT2D eigenvalue weighted by Crippen LogP contribution is -2.39. The standard InChI is InChI=1S/C21H26N2O2/c1-3-22(19-7-5-4-6-8-19)16-21(24)23-14-13-18(15-23)17-9-11-20(25-2)12-10-17/h4-12,18H,3,13-16H2,1-2H3. The molecule has 0 radical (unpaired) electrons. The highest BCUT2D eigenvalue weighted by molar-refractivity contribution is 5.81. The van der Waals surface area contributed by atoms with Crippen molar-refractivity contribution in [2.24, 2.45) is 0 Å². The molecule has 0 spiro atoms. The number of ether oxygens (including phenoxy) is 1. The van der Waals surface area contributed by atoms with Crippen molar-refractivity contribution in [3.8, 4) is 5.75 Å². The maximum atomic E-state index is 12.7. The van der Waals surface area contributed by atoms with Gasteiger partial charge in [0.25, 0.3) is 0 Å². The van der Waals surface area contributed by atoms with Gasteiger partial charge in [-0.1, -0.05) is 30.3 Å². The zero-order valence-electron chi connectivity index (χ0n) is 15.0. The Morgan fingerprint density at radius 3 is 2.52 bits per heavy atom. The fourth-order valence-corrected chi connectivity index (χ4v) is 3.42. The fraction of sp³-hybridized carbons (Fsp3) is 0.381. The zero-order chi connectivity index (χ0) is 17.6. The van der Waals surface area contributed by atoms with E-state index >= 15 is 0 Å². The molecule has 3 rings (SSSR count). The number of carbonyl (C=O) groups is 1. The number of benzene rings is 2. The predicted octanol–water partition coefficient (Wildman–Crippen LogP) is 3.54. The molecule has 1 fully saturated rings. The van der Waals surface area contributed by atoms with E-state index in [1.165, 1.54) is 5.56 Å². The van der Waals surface area contributed by atoms with Gasteiger partial charge in [-0.2, -0.15) is 0 Å². The zero-order valence-corrected chi connectivity index (χ0v) is 15.0. The number of likely N-dealkylation sites (N-methyl/N-ethyl adjacent to an activating group) is 1. The number of anilines is 1. The number of amides is 1. The summed E-state index contributed by atoms with van der Waals surface area (Å²) in [7, 11) is 1.68. The summed E-state index contributed by atoms with van der Waals surface area (Å²) in [5.41, 5.74) is 2.38. The summed E-state index contributed by atoms with van der Waals surface area (Å²) in [6.07, 6.45) is 1.02. The van der Waals surface area contributed by atoms with Crippen LogP contribution in [0.5, 0.6) is 5.75 Å². The third-order valence-corrected chi connectivity index (χ3v) is 4.96. The van der Waals surface area contributed by atoms with E-state index in [2.05, 4.69) is 36.1 Å². The van der Waals surface area contributed by atoms with Crippen molar-refractivity contribution in [3.05, 3.63) is 60.2 Å². The van der Waals surface area contributed by atoms with Crippen LogP contribution in [0.3, 0.4) is 0 Å². The van der Waals surface area contributed by atoms with Gasteiger partial charge in [-0.3, -0.25) is 4.79 Å². The molecule has 1 atom stereocenters. The minimum absolute atomic E-state index is 0.210. The Kier molecular flexibility index (Phi) is 5.59. The average Bonchev–Trinajstić information content (AvgIpc) is 3.17. The molecule has 132 valence electrons. The van der Waals surface area contributed by atoms with E-state index in [0.717, 1.165) is 37.5 Å². The lowest BCUT2D eigenvalue weighted by molar-refractivity contribution is -0.128. The van der Waals surface area contributed by atoms with Crippen molar-refractivity contribution in [2.45, 2.75) is 19.3 Å². The molecule has 4 heteroatoms. The van der Waals surface area contributed by atoms with E-state index < -0.39 is 0 Å². The lowest BCUT2D eigenvalue weighted by Gasteiger charge is -2.25. The second-order valence-corrected chi connectivity index (χ2v) is 6.45. The van der Waals surface area contributed by atoms with Crippen LogP contribution in [0.1, 0.15) is 24.8 Å². The minimum Gasteiger partial charge on any atom is -0.497 e. The van der Waals surface area contributed by atoms with E-state index in [1.807, 2.05) is 35.2 Å². The number of hydrogen-bond donors (Lipinski definition) is 0. The van der Waals surface area contributed by atoms with Crippen molar-refractivity contribution in [1.82, 2.24) is 4.90 Å². The highest BCUT2D eigenvalue weighted by Gasteiger charge is 2.28. The second-order valence-electron chi connectivity index (χ2n) is 6.45. The van der Waals surface area contributed by atoms with Gasteiger partial charge in [-0.15, -0.1) is 0 Å². The molecule has 2 aromatic carbocycles. The van der Waals surface area contributed by atoms with Gasteiger partial charge < -0.3 is 14.5 Å². The maximum absolute atomic E-state index is 12.7. The fourth-order valence-electron chi connectivity index (χ4n) is 3.42. The van der Waals surface area contributed by atoms with Crippen LogP contribution in [0.15, 0.2) is 54.6 Å². The number of rotatable bonds is 6. The number of methoxy groups -OCH3 is 1. The van der Waals surface area contributed by atoms with Crippen LogP contribution in [0.25, 0.3) is 0 Å². The quantitative estimate of drug-likeness (QED) is 0.808. The van der Waals surface area contributed by atoms with Crippen LogP contribution < -0.4 is 9.64 Å². The Hall–Kier alpha value is -2.49. The van der Waals surface area contributed by atoms with Gasteiger partial charge in [0.05, 0.1) is 13.7 Å². The predicted molar refractivity (Wildman–Crippen MR) is 101 cm³/mol. The van der Waals surface area contributed by atoms with Crippen LogP contribution in [-0.2, 0) is 4.79 Å². The molecular weight excluding hydrogens is 312 g/mol. The summed E-state index contributed by atoms with van der Waals surface area (Å²) in [6, 6.07) is 18.3. The molecule has 1 saturated heterocycles. The molecule has 25 heavy (non-hydrogen) atoms. The molecule has 1 amide bonds. The van der Waals surface area contributed by atoms with Gasteiger partial charge in [0.2, 0.25) is 5.91 Å². The largest absolute Gasteiger partial charge is 0.497 e. The van der Waals surface area contributed by atoms with Gasteiger partial charge in [0.15, 0.2) is 0 Å². The van der Waals surface area contributed by atoms with E-state index in [-0.39, 0.29) is 5.91 Å². The van der Waals surface area contributed by atoms with Gasteiger partial charge in [-0.05, 0) is 43.2 Å². The summed E-state index contributed by atoms with van der Waals surface area (Å²) in [5.74, 6) is 1.50. The Morgan fingerprint density at radius 2 is 1.88 bits per heavy atom. The maximum Gasteiger partial charge on any atom is 0.242 e. The Balaban J connectivity index is 1.60. The summed E-state index contributed by atoms with van der Waals surface area (Å²) in [5, 5.41) is 0. The van der Waals surface area contributed by atoms with Gasteiger partial charge in [-0.25, -0.2) is 0 Å². The Labute approximate surface area is 150 Å². The van der Waals surface area contributed by atoms with Crippen LogP contribution in [-0.4, -0.2) is 44.1 Å². The molecule has 1 unspecified atom stereocenters. The van der Waals surface area contributed by atoms with E-state index in [9.17, 15) is 4.79 Å². The van der Waals surface area contributed by atoms with Gasteiger partial charge >= 0.3 is 0 Å². The number of nitrogens with zero attached hydrogens (tertiary/aromatic N) is 2. The van der Waals surface area contributed by atoms with Crippen LogP contribution >= 0.6 is 0 Å². The van der Waals surface area contributed by atoms with Crippen LogP contribution in [0.4, 0.5) is 5.69 Å². The number of hydrogen-bond acceptors (Lipinski definition) is 3. The first kappa shape index (κ1) is 17.3. The van der Waals surface area contributed by atoms with Crippen molar-refractivity contribution in [1.29, 1.82) is 0 Å². The van der Waals surface area contributed by atoms with Crippen molar-refractivity contribution in [2.75, 3.05) is 38.2 Å². The first-order valence-corrected chi connectivity index (χ1v) is 8.93. The molecule has 1 aliphatic rings. The second kappa shape index (κ2) is 8.06. The van der Waals surface area contributed by atoms with Crippen molar-refractivity contribution < 1.29 is 9.53 Å². The van der Waals surface area contributed by atoms with Gasteiger partial charge in [0, 0.05) is 31.2 Å². The first-order valence-electron chi connectivity index (χ1n) is 8.93. The molecule has 0 saturated carbocycles. The molecule has 1 heterocycles. The summed E-state index contributed by atoms with van der Waals surface area (Å²) >= 11 is 0. The minimum atomic E-state index is 0.210. The van der Waals surface area contributed by atoms with Gasteiger partial charge in [0.1, 0.15) is 5.75 Å². The third kappa shape index (κ3) is 4.13. The van der Waals surface area contributed by atoms with Crippen molar-refractivity contribution >= 4 is 11.6 Å². The monoisotopic (exact) mass is 338 g/mol. The molecule has 0 aliphatic carbocycles. The molecule has 0 N–H and O–H groups in total.